The van der Waals surface area contributed by atoms with Crippen LogP contribution in [0.2, 0.25) is 0 Å². The molecule has 5 heteroatoms. The number of hydrogen-bond acceptors (Lipinski definition) is 4. The molecule has 0 aliphatic carbocycles. The van der Waals surface area contributed by atoms with Gasteiger partial charge in [-0.05, 0) is 49.0 Å². The van der Waals surface area contributed by atoms with Crippen molar-refractivity contribution < 1.29 is 14.6 Å². The van der Waals surface area contributed by atoms with E-state index in [1.54, 1.807) is 11.3 Å². The van der Waals surface area contributed by atoms with E-state index < -0.39 is 0 Å². The monoisotopic (exact) mass is 449 g/mol. The fourth-order valence-corrected chi connectivity index (χ4v) is 6.94. The van der Waals surface area contributed by atoms with Crippen molar-refractivity contribution in [3.8, 4) is 5.75 Å². The minimum absolute atomic E-state index is 0.124. The van der Waals surface area contributed by atoms with E-state index in [-0.39, 0.29) is 24.5 Å². The zero-order valence-electron chi connectivity index (χ0n) is 19.2. The number of carbonyl (C=O) groups excluding carboxylic acids is 1. The topological polar surface area (TPSA) is 49.8 Å². The zero-order valence-corrected chi connectivity index (χ0v) is 20.0. The summed E-state index contributed by atoms with van der Waals surface area (Å²) in [6, 6.07) is 13.0. The zero-order chi connectivity index (χ0) is 22.6. The molecule has 168 valence electrons. The van der Waals surface area contributed by atoms with E-state index in [2.05, 4.69) is 64.1 Å². The first-order valence-electron chi connectivity index (χ1n) is 11.6. The Morgan fingerprint density at radius 3 is 2.72 bits per heavy atom. The fraction of sp³-hybridized carbons (Fsp3) is 0.444. The molecule has 3 atom stereocenters. The molecule has 1 saturated heterocycles. The quantitative estimate of drug-likeness (QED) is 0.466. The number of allylic oxidation sites excluding steroid dienone is 1. The largest absolute Gasteiger partial charge is 0.488 e. The van der Waals surface area contributed by atoms with E-state index in [4.69, 9.17) is 4.74 Å². The Kier molecular flexibility index (Phi) is 5.50. The van der Waals surface area contributed by atoms with Crippen LogP contribution in [-0.4, -0.2) is 35.2 Å². The third kappa shape index (κ3) is 3.17. The van der Waals surface area contributed by atoms with Crippen molar-refractivity contribution in [2.24, 2.45) is 17.8 Å². The van der Waals surface area contributed by atoms with Gasteiger partial charge in [0.05, 0.1) is 12.0 Å². The maximum atomic E-state index is 12.7. The van der Waals surface area contributed by atoms with Crippen LogP contribution >= 0.6 is 11.3 Å². The highest BCUT2D eigenvalue weighted by Crippen LogP contribution is 2.48. The van der Waals surface area contributed by atoms with Gasteiger partial charge < -0.3 is 14.7 Å². The summed E-state index contributed by atoms with van der Waals surface area (Å²) >= 11 is 1.80. The third-order valence-electron chi connectivity index (χ3n) is 7.35. The second kappa shape index (κ2) is 8.20. The van der Waals surface area contributed by atoms with Gasteiger partial charge in [0.15, 0.2) is 0 Å². The molecule has 2 aliphatic heterocycles. The summed E-state index contributed by atoms with van der Waals surface area (Å²) in [6.07, 6.45) is 1.65. The summed E-state index contributed by atoms with van der Waals surface area (Å²) < 4.78 is 8.96. The minimum atomic E-state index is 0.124. The van der Waals surface area contributed by atoms with Crippen molar-refractivity contribution in [1.82, 2.24) is 4.90 Å². The molecular weight excluding hydrogens is 418 g/mol. The summed E-state index contributed by atoms with van der Waals surface area (Å²) in [5, 5.41) is 11.7. The van der Waals surface area contributed by atoms with Crippen LogP contribution in [0.15, 0.2) is 47.7 Å². The van der Waals surface area contributed by atoms with E-state index in [9.17, 15) is 9.90 Å². The molecule has 2 aliphatic rings. The number of fused-ring (bicyclic) bond motifs is 4. The van der Waals surface area contributed by atoms with Crippen LogP contribution in [0, 0.1) is 17.8 Å². The first kappa shape index (κ1) is 21.5. The van der Waals surface area contributed by atoms with Gasteiger partial charge in [0.1, 0.15) is 12.4 Å². The summed E-state index contributed by atoms with van der Waals surface area (Å²) in [7, 11) is 0. The molecule has 3 aromatic rings. The number of β-lactam (4-membered cyclic amide) rings is 1. The lowest BCUT2D eigenvalue weighted by atomic mass is 9.74. The van der Waals surface area contributed by atoms with Gasteiger partial charge in [-0.25, -0.2) is 0 Å². The Balaban J connectivity index is 1.45. The number of rotatable bonds is 7. The number of thiophene rings is 1. The molecular formula is C27H31NO3S. The van der Waals surface area contributed by atoms with Gasteiger partial charge >= 0.3 is 0 Å². The number of aliphatic hydroxyl groups excluding tert-OH is 1. The molecule has 1 fully saturated rings. The average molecular weight is 450 g/mol. The highest BCUT2D eigenvalue weighted by atomic mass is 32.1. The molecule has 4 nitrogen and oxygen atoms in total. The van der Waals surface area contributed by atoms with Crippen molar-refractivity contribution in [2.45, 2.75) is 46.6 Å². The number of benzene rings is 2. The summed E-state index contributed by atoms with van der Waals surface area (Å²) in [5.41, 5.74) is 3.61. The fourth-order valence-electron chi connectivity index (χ4n) is 5.68. The molecule has 2 aromatic carbocycles. The second-order valence-electron chi connectivity index (χ2n) is 9.51. The molecule has 0 spiro atoms. The second-order valence-corrected chi connectivity index (χ2v) is 10.6. The van der Waals surface area contributed by atoms with Gasteiger partial charge in [-0.15, -0.1) is 11.3 Å². The van der Waals surface area contributed by atoms with Crippen molar-refractivity contribution in [2.75, 3.05) is 13.2 Å². The SMILES string of the molecule is CC1=C(COc2cccc3sc4c(CCCO)cccc4c23)[C@H](C)[C@@H]2[C@@H](C(C)C)C(=O)N12. The van der Waals surface area contributed by atoms with E-state index in [0.29, 0.717) is 18.4 Å². The molecule has 5 rings (SSSR count). The molecule has 0 unspecified atom stereocenters. The summed E-state index contributed by atoms with van der Waals surface area (Å²) in [4.78, 5) is 14.7. The van der Waals surface area contributed by atoms with Crippen LogP contribution in [0.25, 0.3) is 20.2 Å². The first-order valence-corrected chi connectivity index (χ1v) is 12.4. The lowest BCUT2D eigenvalue weighted by Crippen LogP contribution is -2.61. The van der Waals surface area contributed by atoms with Crippen LogP contribution < -0.4 is 4.74 Å². The van der Waals surface area contributed by atoms with Crippen LogP contribution in [0.1, 0.15) is 39.7 Å². The van der Waals surface area contributed by atoms with Crippen molar-refractivity contribution in [1.29, 1.82) is 0 Å². The Labute approximate surface area is 193 Å². The third-order valence-corrected chi connectivity index (χ3v) is 8.59. The van der Waals surface area contributed by atoms with Gasteiger partial charge in [0.25, 0.3) is 0 Å². The number of hydrogen-bond donors (Lipinski definition) is 1. The molecule has 0 bridgehead atoms. The van der Waals surface area contributed by atoms with Crippen LogP contribution in [0.5, 0.6) is 5.75 Å². The summed E-state index contributed by atoms with van der Waals surface area (Å²) in [5.74, 6) is 1.99. The Bertz CT molecular complexity index is 1220. The highest BCUT2D eigenvalue weighted by Gasteiger charge is 2.56. The van der Waals surface area contributed by atoms with Crippen molar-refractivity contribution >= 4 is 37.4 Å². The normalized spacial score (nSPS) is 22.9. The first-order chi connectivity index (χ1) is 15.4. The molecule has 32 heavy (non-hydrogen) atoms. The average Bonchev–Trinajstić information content (AvgIpc) is 3.24. The molecule has 0 saturated carbocycles. The number of aliphatic hydroxyl groups is 1. The summed E-state index contributed by atoms with van der Waals surface area (Å²) in [6.45, 7) is 9.32. The minimum Gasteiger partial charge on any atom is -0.488 e. The molecule has 1 N–H and O–H groups in total. The number of carbonyl (C=O) groups is 1. The predicted octanol–water partition coefficient (Wildman–Crippen LogP) is 5.76. The standard InChI is InChI=1S/C27H31NO3S/c1-15(2)23-25-16(3)20(17(4)28(25)27(23)30)14-31-21-11-6-12-22-24(21)19-10-5-8-18(9-7-13-29)26(19)32-22/h5-6,8,10-12,15-16,23,25,29H,7,9,13-14H2,1-4H3/t16-,23+,25+/m0/s1. The van der Waals surface area contributed by atoms with E-state index in [0.717, 1.165) is 24.3 Å². The van der Waals surface area contributed by atoms with E-state index in [1.165, 1.54) is 31.3 Å². The molecule has 1 aromatic heterocycles. The smallest absolute Gasteiger partial charge is 0.232 e. The number of ether oxygens (including phenoxy) is 1. The van der Waals surface area contributed by atoms with Crippen molar-refractivity contribution in [3.63, 3.8) is 0 Å². The highest BCUT2D eigenvalue weighted by molar-refractivity contribution is 7.26. The lowest BCUT2D eigenvalue weighted by Gasteiger charge is -2.47. The maximum Gasteiger partial charge on any atom is 0.232 e. The Morgan fingerprint density at radius 2 is 1.97 bits per heavy atom. The van der Waals surface area contributed by atoms with Gasteiger partial charge in [0.2, 0.25) is 5.91 Å². The van der Waals surface area contributed by atoms with E-state index >= 15 is 0 Å². The van der Waals surface area contributed by atoms with Gasteiger partial charge in [-0.1, -0.05) is 45.0 Å². The number of amides is 1. The van der Waals surface area contributed by atoms with Crippen LogP contribution in [-0.2, 0) is 11.2 Å². The molecule has 3 heterocycles. The number of aryl methyl sites for hydroxylation is 1. The van der Waals surface area contributed by atoms with E-state index in [1.807, 2.05) is 4.90 Å². The van der Waals surface area contributed by atoms with Crippen LogP contribution in [0.4, 0.5) is 0 Å². The molecule has 1 amide bonds. The lowest BCUT2D eigenvalue weighted by molar-refractivity contribution is -0.155. The maximum absolute atomic E-state index is 12.7. The Hall–Kier alpha value is -2.37. The predicted molar refractivity (Wildman–Crippen MR) is 131 cm³/mol. The van der Waals surface area contributed by atoms with Crippen LogP contribution in [0.3, 0.4) is 0 Å². The van der Waals surface area contributed by atoms with Gasteiger partial charge in [-0.3, -0.25) is 4.79 Å². The molecule has 0 radical (unpaired) electrons. The Morgan fingerprint density at radius 1 is 1.19 bits per heavy atom. The van der Waals surface area contributed by atoms with Crippen molar-refractivity contribution in [3.05, 3.63) is 53.2 Å². The number of nitrogens with zero attached hydrogens (tertiary/aromatic N) is 1. The van der Waals surface area contributed by atoms with Gasteiger partial charge in [-0.2, -0.15) is 0 Å². The van der Waals surface area contributed by atoms with Gasteiger partial charge in [0, 0.05) is 38.4 Å².